The number of likely N-dealkylation sites (tertiary alicyclic amines) is 1. The van der Waals surface area contributed by atoms with E-state index in [2.05, 4.69) is 16.0 Å². The van der Waals surface area contributed by atoms with Crippen molar-refractivity contribution in [3.8, 4) is 0 Å². The van der Waals surface area contributed by atoms with Crippen molar-refractivity contribution in [2.24, 2.45) is 0 Å². The molecule has 1 aliphatic rings. The number of alkyl halides is 3. The molecular weight excluding hydrogens is 473 g/mol. The van der Waals surface area contributed by atoms with E-state index in [0.29, 0.717) is 18.9 Å². The second kappa shape index (κ2) is 10.2. The van der Waals surface area contributed by atoms with Gasteiger partial charge in [-0.05, 0) is 31.9 Å². The Hall–Kier alpha value is -3.90. The molecule has 35 heavy (non-hydrogen) atoms. The molecule has 2 atom stereocenters. The average Bonchev–Trinajstić information content (AvgIpc) is 3.25. The lowest BCUT2D eigenvalue weighted by molar-refractivity contribution is -0.137. The number of anilines is 1. The Morgan fingerprint density at radius 3 is 2.57 bits per heavy atom. The first kappa shape index (κ1) is 25.7. The highest BCUT2D eigenvalue weighted by Crippen LogP contribution is 2.34. The highest BCUT2D eigenvalue weighted by Gasteiger charge is 2.35. The average molecular weight is 496 g/mol. The largest absolute Gasteiger partial charge is 0.423 e. The summed E-state index contributed by atoms with van der Waals surface area (Å²) in [5.41, 5.74) is -2.60. The van der Waals surface area contributed by atoms with E-state index >= 15 is 0 Å². The van der Waals surface area contributed by atoms with Crippen LogP contribution in [0.15, 0.2) is 33.5 Å². The number of carbonyl (C=O) groups is 4. The van der Waals surface area contributed by atoms with Gasteiger partial charge in [0, 0.05) is 36.7 Å². The van der Waals surface area contributed by atoms with Gasteiger partial charge in [-0.15, -0.1) is 0 Å². The van der Waals surface area contributed by atoms with Gasteiger partial charge >= 0.3 is 11.8 Å². The van der Waals surface area contributed by atoms with Crippen molar-refractivity contribution < 1.29 is 36.8 Å². The fourth-order valence-corrected chi connectivity index (χ4v) is 3.83. The molecule has 188 valence electrons. The summed E-state index contributed by atoms with van der Waals surface area (Å²) in [5, 5.41) is 6.99. The zero-order chi connectivity index (χ0) is 25.9. The highest BCUT2D eigenvalue weighted by atomic mass is 19.4. The standard InChI is InChI=1S/C22H23F3N4O6/c1-11(27-12(2)30)20(33)26-10-18(31)29-7-3-4-16(29)21(34)28-13-5-6-14-15(22(23,24)25)9-19(32)35-17(14)8-13/h5-6,8-9,11,16H,3-4,7,10H2,1-2H3,(H,26,33)(H,27,30)(H,28,34). The van der Waals surface area contributed by atoms with Crippen LogP contribution in [0.1, 0.15) is 32.3 Å². The summed E-state index contributed by atoms with van der Waals surface area (Å²) in [4.78, 5) is 61.3. The molecule has 1 aliphatic heterocycles. The molecule has 1 fully saturated rings. The Bertz CT molecular complexity index is 1230. The normalized spacial score (nSPS) is 16.6. The molecule has 0 aliphatic carbocycles. The fourth-order valence-electron chi connectivity index (χ4n) is 3.83. The summed E-state index contributed by atoms with van der Waals surface area (Å²) >= 11 is 0. The number of halogens is 3. The predicted octanol–water partition coefficient (Wildman–Crippen LogP) is 1.38. The molecule has 0 saturated carbocycles. The van der Waals surface area contributed by atoms with E-state index in [4.69, 9.17) is 4.42 Å². The van der Waals surface area contributed by atoms with Crippen molar-refractivity contribution in [2.75, 3.05) is 18.4 Å². The molecular formula is C22H23F3N4O6. The Kier molecular flexibility index (Phi) is 7.46. The molecule has 3 rings (SSSR count). The van der Waals surface area contributed by atoms with Gasteiger partial charge in [-0.1, -0.05) is 0 Å². The summed E-state index contributed by atoms with van der Waals surface area (Å²) < 4.78 is 44.5. The number of amides is 4. The maximum atomic E-state index is 13.2. The minimum atomic E-state index is -4.76. The van der Waals surface area contributed by atoms with Crippen LogP contribution in [-0.4, -0.2) is 53.7 Å². The minimum absolute atomic E-state index is 0.0849. The first-order valence-corrected chi connectivity index (χ1v) is 10.7. The molecule has 13 heteroatoms. The molecule has 1 aromatic heterocycles. The number of hydrogen-bond acceptors (Lipinski definition) is 6. The van der Waals surface area contributed by atoms with E-state index < -0.39 is 53.1 Å². The lowest BCUT2D eigenvalue weighted by atomic mass is 10.1. The molecule has 0 spiro atoms. The number of rotatable bonds is 6. The number of fused-ring (bicyclic) bond motifs is 1. The van der Waals surface area contributed by atoms with Gasteiger partial charge in [-0.2, -0.15) is 13.2 Å². The number of nitrogens with zero attached hydrogens (tertiary/aromatic N) is 1. The number of carbonyl (C=O) groups excluding carboxylic acids is 4. The van der Waals surface area contributed by atoms with Crippen LogP contribution < -0.4 is 21.6 Å². The van der Waals surface area contributed by atoms with Crippen LogP contribution in [0, 0.1) is 0 Å². The van der Waals surface area contributed by atoms with Gasteiger partial charge in [0.25, 0.3) is 0 Å². The van der Waals surface area contributed by atoms with Crippen LogP contribution in [0.2, 0.25) is 0 Å². The van der Waals surface area contributed by atoms with Crippen molar-refractivity contribution in [3.05, 3.63) is 40.2 Å². The van der Waals surface area contributed by atoms with Gasteiger partial charge in [0.1, 0.15) is 17.7 Å². The molecule has 0 bridgehead atoms. The van der Waals surface area contributed by atoms with E-state index in [9.17, 15) is 37.1 Å². The van der Waals surface area contributed by atoms with E-state index in [-0.39, 0.29) is 29.7 Å². The Balaban J connectivity index is 1.69. The monoisotopic (exact) mass is 496 g/mol. The summed E-state index contributed by atoms with van der Waals surface area (Å²) in [7, 11) is 0. The molecule has 0 radical (unpaired) electrons. The molecule has 2 heterocycles. The molecule has 3 N–H and O–H groups in total. The van der Waals surface area contributed by atoms with Crippen LogP contribution in [0.3, 0.4) is 0 Å². The Morgan fingerprint density at radius 1 is 1.20 bits per heavy atom. The van der Waals surface area contributed by atoms with Gasteiger partial charge in [0.2, 0.25) is 23.6 Å². The minimum Gasteiger partial charge on any atom is -0.423 e. The summed E-state index contributed by atoms with van der Waals surface area (Å²) in [6, 6.07) is 2.08. The Labute approximate surface area is 196 Å². The molecule has 1 aromatic carbocycles. The van der Waals surface area contributed by atoms with Crippen molar-refractivity contribution in [2.45, 2.75) is 44.9 Å². The molecule has 2 aromatic rings. The van der Waals surface area contributed by atoms with Gasteiger partial charge in [0.15, 0.2) is 0 Å². The van der Waals surface area contributed by atoms with Gasteiger partial charge in [-0.25, -0.2) is 4.79 Å². The van der Waals surface area contributed by atoms with Gasteiger partial charge in [0.05, 0.1) is 12.1 Å². The molecule has 10 nitrogen and oxygen atoms in total. The second-order valence-electron chi connectivity index (χ2n) is 8.06. The fraction of sp³-hybridized carbons (Fsp3) is 0.409. The maximum absolute atomic E-state index is 13.2. The summed E-state index contributed by atoms with van der Waals surface area (Å²) in [6.07, 6.45) is -3.89. The van der Waals surface area contributed by atoms with Crippen LogP contribution in [0.25, 0.3) is 11.0 Å². The zero-order valence-electron chi connectivity index (χ0n) is 18.8. The van der Waals surface area contributed by atoms with Crippen molar-refractivity contribution in [1.82, 2.24) is 15.5 Å². The lowest BCUT2D eigenvalue weighted by Gasteiger charge is -2.24. The third kappa shape index (κ3) is 6.16. The Morgan fingerprint density at radius 2 is 1.91 bits per heavy atom. The molecule has 1 saturated heterocycles. The van der Waals surface area contributed by atoms with E-state index in [1.807, 2.05) is 0 Å². The third-order valence-electron chi connectivity index (χ3n) is 5.42. The quantitative estimate of drug-likeness (QED) is 0.517. The number of benzene rings is 1. The van der Waals surface area contributed by atoms with Crippen LogP contribution >= 0.6 is 0 Å². The second-order valence-corrected chi connectivity index (χ2v) is 8.06. The lowest BCUT2D eigenvalue weighted by Crippen LogP contribution is -2.50. The highest BCUT2D eigenvalue weighted by molar-refractivity contribution is 5.99. The topological polar surface area (TPSA) is 138 Å². The summed E-state index contributed by atoms with van der Waals surface area (Å²) in [6.45, 7) is 2.60. The van der Waals surface area contributed by atoms with Crippen LogP contribution in [-0.2, 0) is 25.4 Å². The van der Waals surface area contributed by atoms with Gasteiger partial charge in [-0.3, -0.25) is 19.2 Å². The third-order valence-corrected chi connectivity index (χ3v) is 5.42. The van der Waals surface area contributed by atoms with E-state index in [1.165, 1.54) is 24.8 Å². The molecule has 4 amide bonds. The van der Waals surface area contributed by atoms with Crippen molar-refractivity contribution >= 4 is 40.3 Å². The van der Waals surface area contributed by atoms with Gasteiger partial charge < -0.3 is 25.3 Å². The van der Waals surface area contributed by atoms with E-state index in [0.717, 1.165) is 12.1 Å². The molecule has 2 unspecified atom stereocenters. The first-order chi connectivity index (χ1) is 16.4. The van der Waals surface area contributed by atoms with Crippen LogP contribution in [0.4, 0.5) is 18.9 Å². The smallest absolute Gasteiger partial charge is 0.417 e. The first-order valence-electron chi connectivity index (χ1n) is 10.7. The maximum Gasteiger partial charge on any atom is 0.417 e. The summed E-state index contributed by atoms with van der Waals surface area (Å²) in [5.74, 6) is -2.06. The van der Waals surface area contributed by atoms with Crippen molar-refractivity contribution in [1.29, 1.82) is 0 Å². The van der Waals surface area contributed by atoms with Crippen molar-refractivity contribution in [3.63, 3.8) is 0 Å². The number of hydrogen-bond donors (Lipinski definition) is 3. The van der Waals surface area contributed by atoms with E-state index in [1.54, 1.807) is 0 Å². The predicted molar refractivity (Wildman–Crippen MR) is 117 cm³/mol. The SMILES string of the molecule is CC(=O)NC(C)C(=O)NCC(=O)N1CCCC1C(=O)Nc1ccc2c(C(F)(F)F)cc(=O)oc2c1. The number of nitrogens with one attached hydrogen (secondary N) is 3. The van der Waals surface area contributed by atoms with Crippen LogP contribution in [0.5, 0.6) is 0 Å². The zero-order valence-corrected chi connectivity index (χ0v) is 18.8.